The van der Waals surface area contributed by atoms with Crippen LogP contribution in [-0.2, 0) is 9.53 Å². The zero-order chi connectivity index (χ0) is 22.9. The smallest absolute Gasteiger partial charge is 0.266 e. The van der Waals surface area contributed by atoms with E-state index in [1.54, 1.807) is 4.90 Å². The summed E-state index contributed by atoms with van der Waals surface area (Å²) in [5, 5.41) is 4.93. The zero-order valence-electron chi connectivity index (χ0n) is 18.7. The normalized spacial score (nSPS) is 19.8. The number of nitrogens with zero attached hydrogens (tertiary/aromatic N) is 3. The number of ether oxygens (including phenoxy) is 1. The number of hydrogen-bond acceptors (Lipinski definition) is 5. The highest BCUT2D eigenvalue weighted by Crippen LogP contribution is 2.36. The van der Waals surface area contributed by atoms with Crippen LogP contribution in [0.3, 0.4) is 0 Å². The van der Waals surface area contributed by atoms with Crippen LogP contribution >= 0.6 is 24.0 Å². The third-order valence-electron chi connectivity index (χ3n) is 5.98. The van der Waals surface area contributed by atoms with Gasteiger partial charge in [0.15, 0.2) is 0 Å². The molecule has 2 fully saturated rings. The molecule has 2 aromatic carbocycles. The van der Waals surface area contributed by atoms with Crippen LogP contribution in [0.1, 0.15) is 29.5 Å². The molecule has 2 aliphatic heterocycles. The zero-order valence-corrected chi connectivity index (χ0v) is 20.3. The van der Waals surface area contributed by atoms with Crippen molar-refractivity contribution in [2.45, 2.75) is 32.8 Å². The third kappa shape index (κ3) is 4.53. The highest BCUT2D eigenvalue weighted by molar-refractivity contribution is 8.26. The lowest BCUT2D eigenvalue weighted by Crippen LogP contribution is -2.35. The van der Waals surface area contributed by atoms with Crippen molar-refractivity contribution in [3.05, 3.63) is 76.3 Å². The maximum absolute atomic E-state index is 13.2. The van der Waals surface area contributed by atoms with Gasteiger partial charge in [-0.15, -0.1) is 0 Å². The van der Waals surface area contributed by atoms with E-state index in [9.17, 15) is 4.79 Å². The van der Waals surface area contributed by atoms with E-state index < -0.39 is 0 Å². The molecule has 168 valence electrons. The summed E-state index contributed by atoms with van der Waals surface area (Å²) >= 11 is 6.89. The molecule has 1 amide bonds. The number of rotatable bonds is 5. The van der Waals surface area contributed by atoms with E-state index in [0.29, 0.717) is 15.8 Å². The molecule has 1 aromatic heterocycles. The van der Waals surface area contributed by atoms with Gasteiger partial charge in [0.05, 0.1) is 23.2 Å². The fourth-order valence-electron chi connectivity index (χ4n) is 4.20. The fourth-order valence-corrected chi connectivity index (χ4v) is 5.46. The summed E-state index contributed by atoms with van der Waals surface area (Å²) in [4.78, 5) is 15.5. The van der Waals surface area contributed by atoms with Crippen LogP contribution in [0.25, 0.3) is 23.0 Å². The number of para-hydroxylation sites is 1. The lowest BCUT2D eigenvalue weighted by Gasteiger charge is -2.18. The molecule has 0 unspecified atom stereocenters. The molecular formula is C26H25N3O2S2. The lowest BCUT2D eigenvalue weighted by molar-refractivity contribution is -0.123. The van der Waals surface area contributed by atoms with E-state index in [0.717, 1.165) is 47.5 Å². The second-order valence-electron chi connectivity index (χ2n) is 8.46. The van der Waals surface area contributed by atoms with Crippen LogP contribution in [0.4, 0.5) is 0 Å². The Labute approximate surface area is 203 Å². The monoisotopic (exact) mass is 475 g/mol. The molecule has 0 saturated carbocycles. The predicted octanol–water partition coefficient (Wildman–Crippen LogP) is 5.54. The number of thiocarbonyl (C=S) groups is 1. The molecule has 33 heavy (non-hydrogen) atoms. The largest absolute Gasteiger partial charge is 0.376 e. The van der Waals surface area contributed by atoms with Gasteiger partial charge in [-0.25, -0.2) is 4.68 Å². The number of carbonyl (C=O) groups excluding carboxylic acids is 1. The summed E-state index contributed by atoms with van der Waals surface area (Å²) in [6.45, 7) is 5.44. The first-order valence-electron chi connectivity index (χ1n) is 11.1. The Morgan fingerprint density at radius 1 is 1.21 bits per heavy atom. The number of aromatic nitrogens is 2. The van der Waals surface area contributed by atoms with Gasteiger partial charge in [0.25, 0.3) is 5.91 Å². The van der Waals surface area contributed by atoms with Gasteiger partial charge >= 0.3 is 0 Å². The topological polar surface area (TPSA) is 47.4 Å². The first-order chi connectivity index (χ1) is 16.0. The molecule has 1 atom stereocenters. The van der Waals surface area contributed by atoms with Gasteiger partial charge < -0.3 is 4.74 Å². The van der Waals surface area contributed by atoms with Gasteiger partial charge in [-0.3, -0.25) is 9.69 Å². The number of benzene rings is 2. The van der Waals surface area contributed by atoms with Crippen LogP contribution in [0, 0.1) is 13.8 Å². The molecule has 0 spiro atoms. The third-order valence-corrected chi connectivity index (χ3v) is 7.36. The highest BCUT2D eigenvalue weighted by Gasteiger charge is 2.35. The maximum atomic E-state index is 13.2. The molecule has 7 heteroatoms. The van der Waals surface area contributed by atoms with Crippen molar-refractivity contribution in [3.63, 3.8) is 0 Å². The Balaban J connectivity index is 1.55. The summed E-state index contributed by atoms with van der Waals surface area (Å²) in [6, 6.07) is 16.4. The predicted molar refractivity (Wildman–Crippen MR) is 137 cm³/mol. The Morgan fingerprint density at radius 3 is 2.79 bits per heavy atom. The minimum atomic E-state index is -0.0557. The van der Waals surface area contributed by atoms with Gasteiger partial charge in [0.1, 0.15) is 10.0 Å². The first-order valence-corrected chi connectivity index (χ1v) is 12.3. The Bertz CT molecular complexity index is 1240. The molecule has 3 heterocycles. The Hall–Kier alpha value is -2.74. The summed E-state index contributed by atoms with van der Waals surface area (Å²) in [6.07, 6.45) is 5.99. The standard InChI is InChI=1S/C26H25N3O2S2/c1-17-10-11-18(2)22(13-17)24-19(15-29(27-24)20-7-4-3-5-8-20)14-23-25(30)28(26(32)33-23)16-21-9-6-12-31-21/h3-5,7-8,10-11,13-15,21H,6,9,12,16H2,1-2H3/b23-14-/t21-/m1/s1. The van der Waals surface area contributed by atoms with Gasteiger partial charge in [-0.1, -0.05) is 59.9 Å². The molecular weight excluding hydrogens is 450 g/mol. The van der Waals surface area contributed by atoms with E-state index in [1.165, 1.54) is 17.3 Å². The Morgan fingerprint density at radius 2 is 2.03 bits per heavy atom. The number of amides is 1. The van der Waals surface area contributed by atoms with Gasteiger partial charge in [0, 0.05) is 23.9 Å². The average molecular weight is 476 g/mol. The van der Waals surface area contributed by atoms with Crippen LogP contribution in [-0.4, -0.2) is 44.2 Å². The van der Waals surface area contributed by atoms with Crippen molar-refractivity contribution in [3.8, 4) is 16.9 Å². The molecule has 0 bridgehead atoms. The molecule has 5 nitrogen and oxygen atoms in total. The summed E-state index contributed by atoms with van der Waals surface area (Å²) in [5.74, 6) is -0.0557. The van der Waals surface area contributed by atoms with Gasteiger partial charge in [-0.2, -0.15) is 5.10 Å². The van der Waals surface area contributed by atoms with Crippen LogP contribution in [0.5, 0.6) is 0 Å². The van der Waals surface area contributed by atoms with E-state index >= 15 is 0 Å². The fraction of sp³-hybridized carbons (Fsp3) is 0.269. The molecule has 2 saturated heterocycles. The molecule has 0 aliphatic carbocycles. The average Bonchev–Trinajstić information content (AvgIpc) is 3.54. The number of aryl methyl sites for hydroxylation is 2. The molecule has 2 aliphatic rings. The molecule has 0 radical (unpaired) electrons. The second-order valence-corrected chi connectivity index (χ2v) is 10.1. The van der Waals surface area contributed by atoms with E-state index in [2.05, 4.69) is 32.0 Å². The minimum Gasteiger partial charge on any atom is -0.376 e. The number of carbonyl (C=O) groups is 1. The SMILES string of the molecule is Cc1ccc(C)c(-c2nn(-c3ccccc3)cc2/C=C2\SC(=S)N(C[C@H]3CCCO3)C2=O)c1. The lowest BCUT2D eigenvalue weighted by atomic mass is 10.0. The number of hydrogen-bond donors (Lipinski definition) is 0. The van der Waals surface area contributed by atoms with Crippen molar-refractivity contribution >= 4 is 40.3 Å². The molecule has 0 N–H and O–H groups in total. The first kappa shape index (κ1) is 22.1. The minimum absolute atomic E-state index is 0.0557. The summed E-state index contributed by atoms with van der Waals surface area (Å²) in [5.41, 5.74) is 6.08. The molecule has 3 aromatic rings. The number of thioether (sulfide) groups is 1. The quantitative estimate of drug-likeness (QED) is 0.358. The van der Waals surface area contributed by atoms with E-state index in [4.69, 9.17) is 22.1 Å². The summed E-state index contributed by atoms with van der Waals surface area (Å²) in [7, 11) is 0. The second kappa shape index (κ2) is 9.25. The van der Waals surface area contributed by atoms with Crippen LogP contribution < -0.4 is 0 Å². The molecule has 5 rings (SSSR count). The van der Waals surface area contributed by atoms with Crippen molar-refractivity contribution in [2.75, 3.05) is 13.2 Å². The van der Waals surface area contributed by atoms with E-state index in [-0.39, 0.29) is 12.0 Å². The maximum Gasteiger partial charge on any atom is 0.266 e. The van der Waals surface area contributed by atoms with Crippen LogP contribution in [0.2, 0.25) is 0 Å². The Kier molecular flexibility index (Phi) is 6.19. The van der Waals surface area contributed by atoms with Crippen molar-refractivity contribution in [1.82, 2.24) is 14.7 Å². The van der Waals surface area contributed by atoms with Gasteiger partial charge in [0.2, 0.25) is 0 Å². The van der Waals surface area contributed by atoms with Crippen molar-refractivity contribution < 1.29 is 9.53 Å². The highest BCUT2D eigenvalue weighted by atomic mass is 32.2. The van der Waals surface area contributed by atoms with E-state index in [1.807, 2.05) is 47.3 Å². The van der Waals surface area contributed by atoms with Crippen molar-refractivity contribution in [1.29, 1.82) is 0 Å². The van der Waals surface area contributed by atoms with Crippen LogP contribution in [0.15, 0.2) is 59.6 Å². The summed E-state index contributed by atoms with van der Waals surface area (Å²) < 4.78 is 8.18. The van der Waals surface area contributed by atoms with Crippen molar-refractivity contribution in [2.24, 2.45) is 0 Å². The van der Waals surface area contributed by atoms with Gasteiger partial charge in [-0.05, 0) is 56.5 Å².